The average Bonchev–Trinajstić information content (AvgIpc) is 3.18. The molecular formula is C26H28N4O2. The SMILES string of the molecule is CC[C@@H]1CCCCN1C(=O)c1cc2c(=O)n3cc(C)ccc3nc2n1Cc1ccccc1. The summed E-state index contributed by atoms with van der Waals surface area (Å²) in [5.74, 6) is -0.00452. The van der Waals surface area contributed by atoms with Crippen molar-refractivity contribution in [3.05, 3.63) is 81.9 Å². The van der Waals surface area contributed by atoms with Crippen molar-refractivity contribution in [3.63, 3.8) is 0 Å². The van der Waals surface area contributed by atoms with E-state index in [4.69, 9.17) is 4.98 Å². The molecule has 0 unspecified atom stereocenters. The number of piperidine rings is 1. The molecule has 1 fully saturated rings. The lowest BCUT2D eigenvalue weighted by Gasteiger charge is -2.35. The normalized spacial score (nSPS) is 16.7. The number of likely N-dealkylation sites (tertiary alicyclic amines) is 1. The summed E-state index contributed by atoms with van der Waals surface area (Å²) in [4.78, 5) is 34.0. The number of fused-ring (bicyclic) bond motifs is 2. The molecule has 6 nitrogen and oxygen atoms in total. The van der Waals surface area contributed by atoms with Crippen LogP contribution >= 0.6 is 0 Å². The molecule has 1 aromatic carbocycles. The van der Waals surface area contributed by atoms with Gasteiger partial charge in [0.05, 0.1) is 5.39 Å². The fraction of sp³-hybridized carbons (Fsp3) is 0.346. The van der Waals surface area contributed by atoms with Gasteiger partial charge in [0.1, 0.15) is 17.0 Å². The van der Waals surface area contributed by atoms with E-state index in [1.165, 1.54) is 0 Å². The average molecular weight is 429 g/mol. The fourth-order valence-corrected chi connectivity index (χ4v) is 4.85. The number of hydrogen-bond acceptors (Lipinski definition) is 3. The third-order valence-corrected chi connectivity index (χ3v) is 6.57. The highest BCUT2D eigenvalue weighted by Gasteiger charge is 2.29. The van der Waals surface area contributed by atoms with Gasteiger partial charge in [-0.15, -0.1) is 0 Å². The van der Waals surface area contributed by atoms with Gasteiger partial charge in [0.2, 0.25) is 0 Å². The maximum absolute atomic E-state index is 13.8. The number of nitrogens with zero attached hydrogens (tertiary/aromatic N) is 4. The standard InChI is InChI=1S/C26H28N4O2/c1-3-20-11-7-8-14-28(20)26(32)22-15-21-24(29(22)17-19-9-5-4-6-10-19)27-23-13-12-18(2)16-30(23)25(21)31/h4-6,9-10,12-13,15-16,20H,3,7-8,11,14,17H2,1-2H3/t20-/m1/s1. The first-order valence-corrected chi connectivity index (χ1v) is 11.4. The van der Waals surface area contributed by atoms with Gasteiger partial charge in [0.15, 0.2) is 0 Å². The first kappa shape index (κ1) is 20.5. The number of benzene rings is 1. The van der Waals surface area contributed by atoms with Gasteiger partial charge in [-0.25, -0.2) is 4.98 Å². The lowest BCUT2D eigenvalue weighted by atomic mass is 9.99. The van der Waals surface area contributed by atoms with E-state index in [1.807, 2.05) is 58.9 Å². The number of aromatic nitrogens is 3. The first-order chi connectivity index (χ1) is 15.6. The van der Waals surface area contributed by atoms with Gasteiger partial charge in [0, 0.05) is 25.3 Å². The van der Waals surface area contributed by atoms with Crippen LogP contribution < -0.4 is 5.56 Å². The van der Waals surface area contributed by atoms with E-state index in [2.05, 4.69) is 6.92 Å². The van der Waals surface area contributed by atoms with Crippen LogP contribution in [0, 0.1) is 6.92 Å². The number of aryl methyl sites for hydroxylation is 1. The van der Waals surface area contributed by atoms with Gasteiger partial charge in [-0.1, -0.05) is 43.3 Å². The van der Waals surface area contributed by atoms with Crippen LogP contribution in [0.25, 0.3) is 16.7 Å². The number of pyridine rings is 1. The summed E-state index contributed by atoms with van der Waals surface area (Å²) in [6.07, 6.45) is 5.95. The van der Waals surface area contributed by atoms with Gasteiger partial charge in [-0.3, -0.25) is 14.0 Å². The fourth-order valence-electron chi connectivity index (χ4n) is 4.85. The van der Waals surface area contributed by atoms with Crippen LogP contribution in [0.2, 0.25) is 0 Å². The first-order valence-electron chi connectivity index (χ1n) is 11.4. The Morgan fingerprint density at radius 2 is 1.94 bits per heavy atom. The van der Waals surface area contributed by atoms with Crippen molar-refractivity contribution in [2.45, 2.75) is 52.1 Å². The molecule has 1 saturated heterocycles. The number of carbonyl (C=O) groups is 1. The summed E-state index contributed by atoms with van der Waals surface area (Å²) < 4.78 is 3.50. The third kappa shape index (κ3) is 3.49. The molecule has 164 valence electrons. The van der Waals surface area contributed by atoms with Crippen LogP contribution in [0.3, 0.4) is 0 Å². The van der Waals surface area contributed by atoms with Crippen molar-refractivity contribution in [2.24, 2.45) is 0 Å². The molecule has 5 rings (SSSR count). The highest BCUT2D eigenvalue weighted by molar-refractivity contribution is 5.98. The van der Waals surface area contributed by atoms with Gasteiger partial charge < -0.3 is 9.47 Å². The van der Waals surface area contributed by atoms with Crippen molar-refractivity contribution < 1.29 is 4.79 Å². The van der Waals surface area contributed by atoms with E-state index < -0.39 is 0 Å². The van der Waals surface area contributed by atoms with Gasteiger partial charge >= 0.3 is 0 Å². The maximum atomic E-state index is 13.8. The van der Waals surface area contributed by atoms with Crippen LogP contribution in [0.5, 0.6) is 0 Å². The second-order valence-electron chi connectivity index (χ2n) is 8.75. The number of rotatable bonds is 4. The van der Waals surface area contributed by atoms with E-state index in [0.29, 0.717) is 28.9 Å². The summed E-state index contributed by atoms with van der Waals surface area (Å²) in [6, 6.07) is 15.8. The smallest absolute Gasteiger partial charge is 0.270 e. The monoisotopic (exact) mass is 428 g/mol. The molecule has 3 aromatic heterocycles. The van der Waals surface area contributed by atoms with Crippen LogP contribution in [0.15, 0.2) is 59.5 Å². The van der Waals surface area contributed by atoms with Crippen molar-refractivity contribution in [1.82, 2.24) is 18.9 Å². The van der Waals surface area contributed by atoms with E-state index in [-0.39, 0.29) is 17.5 Å². The molecule has 0 aliphatic carbocycles. The minimum absolute atomic E-state index is 0.00452. The van der Waals surface area contributed by atoms with E-state index in [1.54, 1.807) is 16.7 Å². The predicted octanol–water partition coefficient (Wildman–Crippen LogP) is 4.41. The summed E-state index contributed by atoms with van der Waals surface area (Å²) in [6.45, 7) is 5.34. The number of hydrogen-bond donors (Lipinski definition) is 0. The summed E-state index contributed by atoms with van der Waals surface area (Å²) in [7, 11) is 0. The topological polar surface area (TPSA) is 59.6 Å². The summed E-state index contributed by atoms with van der Waals surface area (Å²) in [5.41, 5.74) is 3.61. The Kier molecular flexibility index (Phi) is 5.29. The van der Waals surface area contributed by atoms with Gasteiger partial charge in [-0.05, 0) is 55.9 Å². The quantitative estimate of drug-likeness (QED) is 0.484. The van der Waals surface area contributed by atoms with Crippen LogP contribution in [-0.2, 0) is 6.54 Å². The molecule has 0 bridgehead atoms. The van der Waals surface area contributed by atoms with Crippen molar-refractivity contribution >= 4 is 22.6 Å². The van der Waals surface area contributed by atoms with Gasteiger partial charge in [-0.2, -0.15) is 0 Å². The van der Waals surface area contributed by atoms with E-state index in [0.717, 1.165) is 43.4 Å². The lowest BCUT2D eigenvalue weighted by molar-refractivity contribution is 0.0598. The summed E-state index contributed by atoms with van der Waals surface area (Å²) in [5, 5.41) is 0.484. The Balaban J connectivity index is 1.72. The Hall–Kier alpha value is -3.41. The van der Waals surface area contributed by atoms with Crippen molar-refractivity contribution in [2.75, 3.05) is 6.54 Å². The molecule has 0 radical (unpaired) electrons. The molecule has 0 saturated carbocycles. The van der Waals surface area contributed by atoms with Crippen LogP contribution in [0.1, 0.15) is 54.2 Å². The predicted molar refractivity (Wildman–Crippen MR) is 126 cm³/mol. The Labute approximate surface area is 187 Å². The zero-order valence-corrected chi connectivity index (χ0v) is 18.6. The number of carbonyl (C=O) groups excluding carboxylic acids is 1. The zero-order chi connectivity index (χ0) is 22.2. The molecule has 0 spiro atoms. The zero-order valence-electron chi connectivity index (χ0n) is 18.6. The second-order valence-corrected chi connectivity index (χ2v) is 8.75. The Morgan fingerprint density at radius 3 is 2.72 bits per heavy atom. The van der Waals surface area contributed by atoms with E-state index >= 15 is 0 Å². The van der Waals surface area contributed by atoms with Crippen molar-refractivity contribution in [1.29, 1.82) is 0 Å². The molecule has 4 aromatic rings. The molecule has 4 heterocycles. The molecule has 1 atom stereocenters. The van der Waals surface area contributed by atoms with Crippen molar-refractivity contribution in [3.8, 4) is 0 Å². The Morgan fingerprint density at radius 1 is 1.12 bits per heavy atom. The van der Waals surface area contributed by atoms with Crippen LogP contribution in [-0.4, -0.2) is 37.3 Å². The number of amides is 1. The maximum Gasteiger partial charge on any atom is 0.270 e. The van der Waals surface area contributed by atoms with E-state index in [9.17, 15) is 9.59 Å². The van der Waals surface area contributed by atoms with Crippen LogP contribution in [0.4, 0.5) is 0 Å². The molecule has 1 aliphatic heterocycles. The largest absolute Gasteiger partial charge is 0.334 e. The lowest BCUT2D eigenvalue weighted by Crippen LogP contribution is -2.44. The molecule has 32 heavy (non-hydrogen) atoms. The Bertz CT molecular complexity index is 1350. The molecule has 0 N–H and O–H groups in total. The highest BCUT2D eigenvalue weighted by Crippen LogP contribution is 2.25. The van der Waals surface area contributed by atoms with Gasteiger partial charge in [0.25, 0.3) is 11.5 Å². The highest BCUT2D eigenvalue weighted by atomic mass is 16.2. The third-order valence-electron chi connectivity index (χ3n) is 6.57. The second kappa shape index (κ2) is 8.26. The molecular weight excluding hydrogens is 400 g/mol. The minimum atomic E-state index is -0.139. The minimum Gasteiger partial charge on any atom is -0.334 e. The molecule has 1 aliphatic rings. The molecule has 6 heteroatoms. The molecule has 1 amide bonds. The summed E-state index contributed by atoms with van der Waals surface area (Å²) >= 11 is 0.